The molecule has 1 N–H and O–H groups in total. The molecule has 0 aliphatic carbocycles. The van der Waals surface area contributed by atoms with Gasteiger partial charge < -0.3 is 4.74 Å². The second-order valence-electron chi connectivity index (χ2n) is 4.75. The number of nitrogens with one attached hydrogen (secondary N) is 1. The van der Waals surface area contributed by atoms with E-state index in [0.29, 0.717) is 29.4 Å². The summed E-state index contributed by atoms with van der Waals surface area (Å²) in [7, 11) is 1.59. The van der Waals surface area contributed by atoms with Crippen LogP contribution in [0.5, 0.6) is 0 Å². The molecule has 0 amide bonds. The van der Waals surface area contributed by atoms with Crippen molar-refractivity contribution >= 4 is 12.2 Å². The van der Waals surface area contributed by atoms with Crippen molar-refractivity contribution in [1.29, 1.82) is 0 Å². The molecule has 8 heteroatoms. The molecule has 0 spiro atoms. The lowest BCUT2D eigenvalue weighted by Gasteiger charge is -2.13. The van der Waals surface area contributed by atoms with Crippen LogP contribution in [0.1, 0.15) is 26.3 Å². The second-order valence-corrected chi connectivity index (χ2v) is 5.14. The maximum Gasteiger partial charge on any atom is 0.266 e. The minimum atomic E-state index is -0.167. The molecule has 2 heterocycles. The van der Waals surface area contributed by atoms with E-state index >= 15 is 0 Å². The van der Waals surface area contributed by atoms with Crippen LogP contribution < -0.4 is 5.56 Å². The lowest BCUT2D eigenvalue weighted by molar-refractivity contribution is 0.182. The maximum absolute atomic E-state index is 11.8. The van der Waals surface area contributed by atoms with Crippen molar-refractivity contribution in [3.63, 3.8) is 0 Å². The van der Waals surface area contributed by atoms with Gasteiger partial charge in [-0.15, -0.1) is 0 Å². The highest BCUT2D eigenvalue weighted by Gasteiger charge is 2.15. The smallest absolute Gasteiger partial charge is 0.266 e. The molecule has 2 rings (SSSR count). The molecule has 0 aliphatic rings. The van der Waals surface area contributed by atoms with Crippen LogP contribution in [0.3, 0.4) is 0 Å². The van der Waals surface area contributed by atoms with Crippen LogP contribution in [-0.4, -0.2) is 38.3 Å². The fourth-order valence-corrected chi connectivity index (χ4v) is 2.30. The topological polar surface area (TPSA) is 77.7 Å². The molecule has 0 fully saturated rings. The van der Waals surface area contributed by atoms with Crippen molar-refractivity contribution in [1.82, 2.24) is 24.5 Å². The minimum Gasteiger partial charge on any atom is -0.383 e. The fraction of sp³-hybridized carbons (Fsp3) is 0.538. The Morgan fingerprint density at radius 2 is 2.24 bits per heavy atom. The summed E-state index contributed by atoms with van der Waals surface area (Å²) in [6.07, 6.45) is 0.921. The van der Waals surface area contributed by atoms with Gasteiger partial charge in [0.25, 0.3) is 5.56 Å². The van der Waals surface area contributed by atoms with E-state index in [1.54, 1.807) is 13.2 Å². The Morgan fingerprint density at radius 1 is 1.48 bits per heavy atom. The monoisotopic (exact) mass is 309 g/mol. The summed E-state index contributed by atoms with van der Waals surface area (Å²) >= 11 is 5.27. The van der Waals surface area contributed by atoms with Crippen LogP contribution in [0.25, 0.3) is 11.5 Å². The van der Waals surface area contributed by atoms with Gasteiger partial charge in [-0.1, -0.05) is 6.92 Å². The largest absolute Gasteiger partial charge is 0.383 e. The highest BCUT2D eigenvalue weighted by Crippen LogP contribution is 2.20. The number of hydrogen-bond donors (Lipinski definition) is 1. The molecule has 0 bridgehead atoms. The average Bonchev–Trinajstić information content (AvgIpc) is 2.87. The molecular weight excluding hydrogens is 290 g/mol. The van der Waals surface area contributed by atoms with Crippen LogP contribution in [0.4, 0.5) is 0 Å². The Morgan fingerprint density at radius 3 is 2.90 bits per heavy atom. The maximum atomic E-state index is 11.8. The van der Waals surface area contributed by atoms with E-state index in [0.717, 1.165) is 6.42 Å². The summed E-state index contributed by atoms with van der Waals surface area (Å²) in [5.74, 6) is 0.639. The second kappa shape index (κ2) is 6.77. The predicted molar refractivity (Wildman–Crippen MR) is 81.8 cm³/mol. The Hall–Kier alpha value is -1.80. The highest BCUT2D eigenvalue weighted by molar-refractivity contribution is 7.71. The van der Waals surface area contributed by atoms with Crippen molar-refractivity contribution in [2.45, 2.75) is 32.9 Å². The zero-order chi connectivity index (χ0) is 15.4. The number of rotatable bonds is 6. The first-order valence-corrected chi connectivity index (χ1v) is 7.23. The number of H-pyrrole nitrogens is 1. The molecule has 114 valence electrons. The van der Waals surface area contributed by atoms with Crippen LogP contribution in [-0.2, 0) is 11.3 Å². The summed E-state index contributed by atoms with van der Waals surface area (Å²) in [6.45, 7) is 4.97. The van der Waals surface area contributed by atoms with Crippen molar-refractivity contribution in [2.75, 3.05) is 13.7 Å². The number of nitrogens with zero attached hydrogens (tertiary/aromatic N) is 4. The summed E-state index contributed by atoms with van der Waals surface area (Å²) < 4.78 is 8.83. The number of aromatic nitrogens is 5. The van der Waals surface area contributed by atoms with Gasteiger partial charge in [-0.3, -0.25) is 14.5 Å². The number of methoxy groups -OCH3 is 1. The lowest BCUT2D eigenvalue weighted by atomic mass is 10.2. The molecule has 21 heavy (non-hydrogen) atoms. The van der Waals surface area contributed by atoms with Gasteiger partial charge in [0, 0.05) is 19.2 Å². The molecule has 0 radical (unpaired) electrons. The van der Waals surface area contributed by atoms with Crippen LogP contribution in [0, 0.1) is 4.77 Å². The molecule has 1 unspecified atom stereocenters. The standard InChI is InChI=1S/C13H19N5O2S/c1-4-9(2)18-12(14-15-13(18)21)10-5-6-11(19)17(16-10)7-8-20-3/h5-6,9H,4,7-8H2,1-3H3,(H,15,21). The van der Waals surface area contributed by atoms with E-state index in [2.05, 4.69) is 29.1 Å². The molecule has 7 nitrogen and oxygen atoms in total. The van der Waals surface area contributed by atoms with E-state index in [-0.39, 0.29) is 11.6 Å². The number of ether oxygens (including phenoxy) is 1. The fourth-order valence-electron chi connectivity index (χ4n) is 1.98. The Kier molecular flexibility index (Phi) is 5.03. The van der Waals surface area contributed by atoms with Crippen molar-refractivity contribution < 1.29 is 4.74 Å². The molecule has 2 aromatic rings. The van der Waals surface area contributed by atoms with Crippen molar-refractivity contribution in [2.24, 2.45) is 0 Å². The summed E-state index contributed by atoms with van der Waals surface area (Å²) in [6, 6.07) is 3.35. The molecule has 1 atom stereocenters. The van der Waals surface area contributed by atoms with Crippen LogP contribution >= 0.6 is 12.2 Å². The van der Waals surface area contributed by atoms with E-state index < -0.39 is 0 Å². The van der Waals surface area contributed by atoms with Gasteiger partial charge in [-0.25, -0.2) is 4.68 Å². The molecule has 0 aromatic carbocycles. The van der Waals surface area contributed by atoms with E-state index in [9.17, 15) is 4.79 Å². The predicted octanol–water partition coefficient (Wildman–Crippen LogP) is 1.78. The lowest BCUT2D eigenvalue weighted by Crippen LogP contribution is -2.24. The van der Waals surface area contributed by atoms with Crippen molar-refractivity contribution in [3.05, 3.63) is 27.3 Å². The molecule has 0 saturated carbocycles. The van der Waals surface area contributed by atoms with Crippen molar-refractivity contribution in [3.8, 4) is 11.5 Å². The van der Waals surface area contributed by atoms with Gasteiger partial charge in [0.05, 0.1) is 13.2 Å². The summed E-state index contributed by atoms with van der Waals surface area (Å²) in [5.41, 5.74) is 0.443. The SMILES string of the molecule is CCC(C)n1c(-c2ccc(=O)n(CCOC)n2)n[nH]c1=S. The zero-order valence-corrected chi connectivity index (χ0v) is 13.2. The number of hydrogen-bond acceptors (Lipinski definition) is 5. The molecule has 2 aromatic heterocycles. The molecular formula is C13H19N5O2S. The van der Waals surface area contributed by atoms with E-state index in [4.69, 9.17) is 17.0 Å². The van der Waals surface area contributed by atoms with Crippen LogP contribution in [0.2, 0.25) is 0 Å². The first kappa shape index (κ1) is 15.6. The molecule has 0 aliphatic heterocycles. The van der Waals surface area contributed by atoms with Gasteiger partial charge >= 0.3 is 0 Å². The normalized spacial score (nSPS) is 12.5. The summed E-state index contributed by atoms with van der Waals surface area (Å²) in [4.78, 5) is 11.8. The minimum absolute atomic E-state index is 0.167. The Bertz CT molecular complexity index is 718. The third-order valence-corrected chi connectivity index (χ3v) is 3.63. The van der Waals surface area contributed by atoms with Gasteiger partial charge in [-0.2, -0.15) is 10.2 Å². The molecule has 0 saturated heterocycles. The van der Waals surface area contributed by atoms with Gasteiger partial charge in [0.2, 0.25) is 0 Å². The quantitative estimate of drug-likeness (QED) is 0.823. The first-order chi connectivity index (χ1) is 10.1. The van der Waals surface area contributed by atoms with Gasteiger partial charge in [0.1, 0.15) is 5.69 Å². The third kappa shape index (κ3) is 3.27. The van der Waals surface area contributed by atoms with E-state index in [1.165, 1.54) is 10.7 Å². The number of aromatic amines is 1. The van der Waals surface area contributed by atoms with E-state index in [1.807, 2.05) is 4.57 Å². The summed E-state index contributed by atoms with van der Waals surface area (Å²) in [5, 5.41) is 11.4. The first-order valence-electron chi connectivity index (χ1n) is 6.82. The zero-order valence-electron chi connectivity index (χ0n) is 12.4. The van der Waals surface area contributed by atoms with Crippen LogP contribution in [0.15, 0.2) is 16.9 Å². The Labute approximate surface area is 127 Å². The van der Waals surface area contributed by atoms with Gasteiger partial charge in [0.15, 0.2) is 10.6 Å². The third-order valence-electron chi connectivity index (χ3n) is 3.34. The Balaban J connectivity index is 2.48. The average molecular weight is 309 g/mol. The van der Waals surface area contributed by atoms with Gasteiger partial charge in [-0.05, 0) is 31.6 Å². The highest BCUT2D eigenvalue weighted by atomic mass is 32.1.